The van der Waals surface area contributed by atoms with Crippen molar-refractivity contribution >= 4 is 63.0 Å². The number of hydrogen-bond acceptors (Lipinski definition) is 7. The fraction of sp³-hybridized carbons (Fsp3) is 0.143. The second kappa shape index (κ2) is 12.5. The molecule has 5 aromatic rings. The van der Waals surface area contributed by atoms with E-state index in [1.807, 2.05) is 53.1 Å². The van der Waals surface area contributed by atoms with Gasteiger partial charge < -0.3 is 9.47 Å². The van der Waals surface area contributed by atoms with Crippen molar-refractivity contribution in [2.24, 2.45) is 4.99 Å². The third-order valence-corrected chi connectivity index (χ3v) is 10.2. The van der Waals surface area contributed by atoms with Crippen molar-refractivity contribution in [1.82, 2.24) is 4.57 Å². The number of fused-ring (bicyclic) bond motifs is 3. The van der Waals surface area contributed by atoms with Crippen molar-refractivity contribution in [3.63, 3.8) is 0 Å². The van der Waals surface area contributed by atoms with Crippen LogP contribution in [0.25, 0.3) is 11.8 Å². The molecule has 0 saturated heterocycles. The SMILES string of the molecule is COc1cc(/C=c2/sc3n(c2=O)[C@H](c2ccc(Cl)cc2)C2=C(N=3)c3ccccc3CC2)cc(I)c1OCc1ccc([N+](=O)[O-])cc1. The number of rotatable bonds is 7. The van der Waals surface area contributed by atoms with Gasteiger partial charge in [0.1, 0.15) is 6.61 Å². The van der Waals surface area contributed by atoms with Crippen molar-refractivity contribution in [3.8, 4) is 11.5 Å². The normalized spacial score (nSPS) is 15.5. The molecule has 2 heterocycles. The number of nitro benzene ring substituents is 1. The van der Waals surface area contributed by atoms with Gasteiger partial charge in [0, 0.05) is 22.7 Å². The Kier molecular flexibility index (Phi) is 8.26. The number of aryl methyl sites for hydroxylation is 1. The predicted molar refractivity (Wildman–Crippen MR) is 187 cm³/mol. The summed E-state index contributed by atoms with van der Waals surface area (Å²) in [6, 6.07) is 25.8. The minimum atomic E-state index is -0.433. The molecular formula is C35H25ClIN3O5S. The molecule has 0 bridgehead atoms. The van der Waals surface area contributed by atoms with Crippen LogP contribution < -0.4 is 24.4 Å². The van der Waals surface area contributed by atoms with Crippen LogP contribution in [0.2, 0.25) is 5.02 Å². The third-order valence-electron chi connectivity index (χ3n) is 8.14. The van der Waals surface area contributed by atoms with E-state index in [1.54, 1.807) is 19.2 Å². The van der Waals surface area contributed by atoms with E-state index in [0.29, 0.717) is 25.9 Å². The van der Waals surface area contributed by atoms with Gasteiger partial charge in [-0.05, 0) is 106 Å². The van der Waals surface area contributed by atoms with Gasteiger partial charge in [-0.1, -0.05) is 59.3 Å². The average molecular weight is 762 g/mol. The molecule has 0 amide bonds. The number of methoxy groups -OCH3 is 1. The molecule has 0 N–H and O–H groups in total. The van der Waals surface area contributed by atoms with E-state index in [-0.39, 0.29) is 23.9 Å². The lowest BCUT2D eigenvalue weighted by atomic mass is 9.83. The zero-order valence-electron chi connectivity index (χ0n) is 24.4. The van der Waals surface area contributed by atoms with E-state index in [0.717, 1.165) is 49.9 Å². The summed E-state index contributed by atoms with van der Waals surface area (Å²) in [5, 5.41) is 11.6. The fourth-order valence-electron chi connectivity index (χ4n) is 5.95. The van der Waals surface area contributed by atoms with Crippen molar-refractivity contribution in [1.29, 1.82) is 0 Å². The molecule has 230 valence electrons. The van der Waals surface area contributed by atoms with E-state index in [9.17, 15) is 14.9 Å². The lowest BCUT2D eigenvalue weighted by Crippen LogP contribution is -2.38. The first-order valence-electron chi connectivity index (χ1n) is 14.4. The van der Waals surface area contributed by atoms with Crippen molar-refractivity contribution in [2.75, 3.05) is 7.11 Å². The highest BCUT2D eigenvalue weighted by atomic mass is 127. The van der Waals surface area contributed by atoms with Crippen LogP contribution in [0.5, 0.6) is 11.5 Å². The maximum atomic E-state index is 14.2. The number of allylic oxidation sites excluding steroid dienone is 1. The smallest absolute Gasteiger partial charge is 0.271 e. The molecule has 0 spiro atoms. The quantitative estimate of drug-likeness (QED) is 0.101. The molecule has 1 atom stereocenters. The van der Waals surface area contributed by atoms with Gasteiger partial charge >= 0.3 is 0 Å². The van der Waals surface area contributed by atoms with Gasteiger partial charge in [0.25, 0.3) is 11.2 Å². The Balaban J connectivity index is 1.28. The Morgan fingerprint density at radius 1 is 1.09 bits per heavy atom. The van der Waals surface area contributed by atoms with Crippen LogP contribution in [0, 0.1) is 13.7 Å². The van der Waals surface area contributed by atoms with Crippen LogP contribution in [0.4, 0.5) is 5.69 Å². The molecule has 1 aromatic heterocycles. The fourth-order valence-corrected chi connectivity index (χ4v) is 7.86. The van der Waals surface area contributed by atoms with Crippen LogP contribution in [0.15, 0.2) is 100 Å². The molecule has 2 aliphatic rings. The second-order valence-corrected chi connectivity index (χ2v) is 13.5. The molecule has 11 heteroatoms. The van der Waals surface area contributed by atoms with Crippen LogP contribution >= 0.6 is 45.5 Å². The highest BCUT2D eigenvalue weighted by molar-refractivity contribution is 14.1. The van der Waals surface area contributed by atoms with Crippen molar-refractivity contribution in [3.05, 3.63) is 157 Å². The Bertz CT molecular complexity index is 2230. The Morgan fingerprint density at radius 2 is 1.85 bits per heavy atom. The van der Waals surface area contributed by atoms with Crippen LogP contribution in [0.1, 0.15) is 40.3 Å². The Morgan fingerprint density at radius 3 is 2.59 bits per heavy atom. The molecule has 1 aliphatic carbocycles. The first kappa shape index (κ1) is 30.4. The molecule has 7 rings (SSSR count). The van der Waals surface area contributed by atoms with Crippen LogP contribution in [0.3, 0.4) is 0 Å². The van der Waals surface area contributed by atoms with Crippen molar-refractivity contribution < 1.29 is 14.4 Å². The lowest BCUT2D eigenvalue weighted by Gasteiger charge is -2.30. The summed E-state index contributed by atoms with van der Waals surface area (Å²) < 4.78 is 14.9. The van der Waals surface area contributed by atoms with Gasteiger partial charge in [-0.3, -0.25) is 19.5 Å². The maximum absolute atomic E-state index is 14.2. The zero-order valence-corrected chi connectivity index (χ0v) is 28.1. The largest absolute Gasteiger partial charge is 0.493 e. The number of thiazole rings is 1. The summed E-state index contributed by atoms with van der Waals surface area (Å²) in [5.74, 6) is 1.06. The van der Waals surface area contributed by atoms with Gasteiger partial charge in [0.15, 0.2) is 16.3 Å². The molecule has 0 saturated carbocycles. The number of non-ortho nitro benzene ring substituents is 1. The number of aromatic nitrogens is 1. The minimum Gasteiger partial charge on any atom is -0.493 e. The summed E-state index contributed by atoms with van der Waals surface area (Å²) in [7, 11) is 1.57. The predicted octanol–water partition coefficient (Wildman–Crippen LogP) is 7.07. The molecule has 4 aromatic carbocycles. The van der Waals surface area contributed by atoms with Crippen LogP contribution in [-0.2, 0) is 13.0 Å². The third kappa shape index (κ3) is 5.65. The first-order valence-corrected chi connectivity index (χ1v) is 16.7. The lowest BCUT2D eigenvalue weighted by molar-refractivity contribution is -0.384. The van der Waals surface area contributed by atoms with Gasteiger partial charge in [-0.15, -0.1) is 0 Å². The number of hydrogen-bond donors (Lipinski definition) is 0. The van der Waals surface area contributed by atoms with Crippen molar-refractivity contribution in [2.45, 2.75) is 25.5 Å². The molecule has 46 heavy (non-hydrogen) atoms. The number of ether oxygens (including phenoxy) is 2. The number of benzene rings is 4. The monoisotopic (exact) mass is 761 g/mol. The highest BCUT2D eigenvalue weighted by Crippen LogP contribution is 2.41. The minimum absolute atomic E-state index is 0.0232. The van der Waals surface area contributed by atoms with E-state index < -0.39 is 4.92 Å². The topological polar surface area (TPSA) is 96.0 Å². The van der Waals surface area contributed by atoms with E-state index in [4.69, 9.17) is 26.1 Å². The number of nitro groups is 1. The summed E-state index contributed by atoms with van der Waals surface area (Å²) in [4.78, 5) is 30.4. The molecule has 1 aliphatic heterocycles. The number of nitrogens with zero attached hydrogens (tertiary/aromatic N) is 3. The molecule has 8 nitrogen and oxygen atoms in total. The number of halogens is 2. The van der Waals surface area contributed by atoms with Gasteiger partial charge in [0.2, 0.25) is 0 Å². The summed E-state index contributed by atoms with van der Waals surface area (Å²) >= 11 is 9.81. The zero-order chi connectivity index (χ0) is 31.9. The van der Waals surface area contributed by atoms with Gasteiger partial charge in [0.05, 0.1) is 31.9 Å². The Hall–Kier alpha value is -4.26. The molecule has 0 fully saturated rings. The van der Waals surface area contributed by atoms with E-state index in [2.05, 4.69) is 40.8 Å². The summed E-state index contributed by atoms with van der Waals surface area (Å²) in [6.07, 6.45) is 3.56. The standard InChI is InChI=1S/C35H25ClIN3O5S/c1-44-29-17-21(16-28(37)33(29)45-19-20-6-13-25(14-7-20)40(42)43)18-30-34(41)39-32(23-8-11-24(36)12-9-23)27-15-10-22-4-2-3-5-26(22)31(27)38-35(39)46-30/h2-9,11-14,16-18,32H,10,15,19H2,1H3/b30-18+/t32-/m1/s1. The maximum Gasteiger partial charge on any atom is 0.271 e. The molecular weight excluding hydrogens is 737 g/mol. The van der Waals surface area contributed by atoms with Gasteiger partial charge in [-0.2, -0.15) is 0 Å². The van der Waals surface area contributed by atoms with E-state index >= 15 is 0 Å². The van der Waals surface area contributed by atoms with Gasteiger partial charge in [-0.25, -0.2) is 4.99 Å². The highest BCUT2D eigenvalue weighted by Gasteiger charge is 2.32. The van der Waals surface area contributed by atoms with E-state index in [1.165, 1.54) is 29.0 Å². The summed E-state index contributed by atoms with van der Waals surface area (Å²) in [6.45, 7) is 0.209. The molecule has 0 unspecified atom stereocenters. The van der Waals surface area contributed by atoms with Crippen LogP contribution in [-0.4, -0.2) is 16.6 Å². The molecule has 0 radical (unpaired) electrons. The Labute approximate surface area is 286 Å². The second-order valence-electron chi connectivity index (χ2n) is 10.9. The first-order chi connectivity index (χ1) is 22.3. The average Bonchev–Trinajstić information content (AvgIpc) is 3.37. The summed E-state index contributed by atoms with van der Waals surface area (Å²) in [5.41, 5.74) is 6.92.